The van der Waals surface area contributed by atoms with Crippen LogP contribution >= 0.6 is 0 Å². The summed E-state index contributed by atoms with van der Waals surface area (Å²) in [5.41, 5.74) is 1.25. The molecule has 10 heteroatoms. The maximum Gasteiger partial charge on any atom is 0.274 e. The average Bonchev–Trinajstić information content (AvgIpc) is 3.05. The van der Waals surface area contributed by atoms with Gasteiger partial charge < -0.3 is 9.64 Å². The van der Waals surface area contributed by atoms with Crippen molar-refractivity contribution in [1.82, 2.24) is 25.1 Å². The molecule has 0 aliphatic carbocycles. The molecular weight excluding hydrogens is 334 g/mol. The van der Waals surface area contributed by atoms with Crippen LogP contribution in [0.5, 0.6) is 0 Å². The molecule has 2 aromatic heterocycles. The fraction of sp³-hybridized carbons (Fsp3) is 0.429. The number of aromatic nitrogens is 4. The van der Waals surface area contributed by atoms with Crippen molar-refractivity contribution in [2.45, 2.75) is 17.9 Å². The van der Waals surface area contributed by atoms with Crippen molar-refractivity contribution < 1.29 is 17.9 Å². The van der Waals surface area contributed by atoms with Crippen LogP contribution in [0.2, 0.25) is 0 Å². The first-order chi connectivity index (χ1) is 11.4. The number of hydrogen-bond acceptors (Lipinski definition) is 7. The predicted octanol–water partition coefficient (Wildman–Crippen LogP) is 0.125. The molecule has 3 heterocycles. The Balaban J connectivity index is 1.96. The van der Waals surface area contributed by atoms with Crippen LogP contribution in [0.15, 0.2) is 23.5 Å². The van der Waals surface area contributed by atoms with Gasteiger partial charge in [0.15, 0.2) is 9.84 Å². The van der Waals surface area contributed by atoms with Crippen LogP contribution in [0, 0.1) is 6.92 Å². The topological polar surface area (TPSA) is 118 Å². The van der Waals surface area contributed by atoms with Crippen molar-refractivity contribution in [3.8, 4) is 0 Å². The fourth-order valence-electron chi connectivity index (χ4n) is 2.56. The second-order valence-electron chi connectivity index (χ2n) is 5.55. The van der Waals surface area contributed by atoms with Crippen LogP contribution in [0.25, 0.3) is 0 Å². The highest BCUT2D eigenvalue weighted by atomic mass is 32.2. The van der Waals surface area contributed by atoms with Crippen molar-refractivity contribution in [1.29, 1.82) is 0 Å². The molecule has 1 aliphatic heterocycles. The molecule has 9 nitrogen and oxygen atoms in total. The number of sulfone groups is 1. The van der Waals surface area contributed by atoms with Gasteiger partial charge in [0.1, 0.15) is 10.6 Å². The van der Waals surface area contributed by atoms with E-state index in [0.29, 0.717) is 24.5 Å². The van der Waals surface area contributed by atoms with Gasteiger partial charge in [-0.05, 0) is 6.92 Å². The molecule has 1 fully saturated rings. The lowest BCUT2D eigenvalue weighted by atomic mass is 10.1. The molecule has 0 radical (unpaired) electrons. The Morgan fingerprint density at radius 3 is 2.79 bits per heavy atom. The van der Waals surface area contributed by atoms with Crippen LogP contribution in [0.1, 0.15) is 27.9 Å². The van der Waals surface area contributed by atoms with E-state index in [1.165, 1.54) is 23.5 Å². The van der Waals surface area contributed by atoms with Gasteiger partial charge in [-0.2, -0.15) is 5.10 Å². The lowest BCUT2D eigenvalue weighted by molar-refractivity contribution is -0.00501. The number of ether oxygens (including phenoxy) is 1. The third kappa shape index (κ3) is 3.15. The summed E-state index contributed by atoms with van der Waals surface area (Å²) in [5.74, 6) is -0.329. The third-order valence-electron chi connectivity index (χ3n) is 3.75. The summed E-state index contributed by atoms with van der Waals surface area (Å²) in [7, 11) is -3.47. The third-order valence-corrected chi connectivity index (χ3v) is 4.88. The zero-order valence-corrected chi connectivity index (χ0v) is 14.1. The van der Waals surface area contributed by atoms with E-state index >= 15 is 0 Å². The SMILES string of the molecule is Cc1cnc(C(=O)N2CCOC[C@@H]2c2[nH]ncc2S(C)(=O)=O)cn1. The lowest BCUT2D eigenvalue weighted by Gasteiger charge is -2.35. The summed E-state index contributed by atoms with van der Waals surface area (Å²) in [6, 6.07) is -0.582. The maximum absolute atomic E-state index is 12.8. The first-order valence-corrected chi connectivity index (χ1v) is 9.17. The van der Waals surface area contributed by atoms with Gasteiger partial charge in [0.25, 0.3) is 5.91 Å². The fourth-order valence-corrected chi connectivity index (χ4v) is 3.38. The Kier molecular flexibility index (Phi) is 4.33. The first-order valence-electron chi connectivity index (χ1n) is 7.28. The minimum atomic E-state index is -3.47. The molecule has 24 heavy (non-hydrogen) atoms. The van der Waals surface area contributed by atoms with Crippen molar-refractivity contribution in [2.75, 3.05) is 26.0 Å². The minimum absolute atomic E-state index is 0.0609. The first kappa shape index (κ1) is 16.5. The van der Waals surface area contributed by atoms with E-state index in [0.717, 1.165) is 6.26 Å². The molecule has 0 spiro atoms. The van der Waals surface area contributed by atoms with Crippen LogP contribution in [0.4, 0.5) is 0 Å². The van der Waals surface area contributed by atoms with E-state index in [2.05, 4.69) is 20.2 Å². The number of nitrogens with one attached hydrogen (secondary N) is 1. The van der Waals surface area contributed by atoms with Gasteiger partial charge >= 0.3 is 0 Å². The van der Waals surface area contributed by atoms with E-state index in [1.54, 1.807) is 6.92 Å². The van der Waals surface area contributed by atoms with Gasteiger partial charge in [-0.1, -0.05) is 0 Å². The normalized spacial score (nSPS) is 18.6. The number of carbonyl (C=O) groups excluding carboxylic acids is 1. The maximum atomic E-state index is 12.8. The molecule has 0 bridgehead atoms. The second kappa shape index (κ2) is 6.29. The van der Waals surface area contributed by atoms with Gasteiger partial charge in [-0.25, -0.2) is 13.4 Å². The molecule has 1 aliphatic rings. The zero-order chi connectivity index (χ0) is 17.3. The zero-order valence-electron chi connectivity index (χ0n) is 13.3. The molecular formula is C14H17N5O4S. The molecule has 1 amide bonds. The lowest BCUT2D eigenvalue weighted by Crippen LogP contribution is -2.44. The molecule has 0 aromatic carbocycles. The number of carbonyl (C=O) groups is 1. The summed E-state index contributed by atoms with van der Waals surface area (Å²) < 4.78 is 29.3. The minimum Gasteiger partial charge on any atom is -0.377 e. The molecule has 1 atom stereocenters. The van der Waals surface area contributed by atoms with Crippen LogP contribution in [-0.2, 0) is 14.6 Å². The number of hydrogen-bond donors (Lipinski definition) is 1. The van der Waals surface area contributed by atoms with E-state index in [9.17, 15) is 13.2 Å². The second-order valence-corrected chi connectivity index (χ2v) is 7.54. The van der Waals surface area contributed by atoms with Gasteiger partial charge in [-0.3, -0.25) is 14.9 Å². The van der Waals surface area contributed by atoms with Crippen molar-refractivity contribution in [3.63, 3.8) is 0 Å². The molecule has 128 valence electrons. The Morgan fingerprint density at radius 2 is 2.12 bits per heavy atom. The highest BCUT2D eigenvalue weighted by molar-refractivity contribution is 7.90. The number of aromatic amines is 1. The number of rotatable bonds is 3. The van der Waals surface area contributed by atoms with E-state index in [4.69, 9.17) is 4.74 Å². The average molecular weight is 351 g/mol. The predicted molar refractivity (Wildman–Crippen MR) is 83.1 cm³/mol. The number of morpholine rings is 1. The highest BCUT2D eigenvalue weighted by Crippen LogP contribution is 2.28. The van der Waals surface area contributed by atoms with Crippen LogP contribution in [-0.4, -0.2) is 65.4 Å². The molecule has 1 saturated heterocycles. The summed E-state index contributed by atoms with van der Waals surface area (Å²) >= 11 is 0. The monoisotopic (exact) mass is 351 g/mol. The van der Waals surface area contributed by atoms with Crippen LogP contribution in [0.3, 0.4) is 0 Å². The largest absolute Gasteiger partial charge is 0.377 e. The number of nitrogens with zero attached hydrogens (tertiary/aromatic N) is 4. The van der Waals surface area contributed by atoms with Crippen molar-refractivity contribution in [2.24, 2.45) is 0 Å². The van der Waals surface area contributed by atoms with Gasteiger partial charge in [0, 0.05) is 19.0 Å². The smallest absolute Gasteiger partial charge is 0.274 e. The Hall–Kier alpha value is -2.33. The number of amides is 1. The molecule has 1 N–H and O–H groups in total. The highest BCUT2D eigenvalue weighted by Gasteiger charge is 2.34. The molecule has 2 aromatic rings. The van der Waals surface area contributed by atoms with Crippen molar-refractivity contribution >= 4 is 15.7 Å². The van der Waals surface area contributed by atoms with E-state index in [1.807, 2.05) is 0 Å². The Labute approximate surface area is 139 Å². The molecule has 0 unspecified atom stereocenters. The van der Waals surface area contributed by atoms with E-state index in [-0.39, 0.29) is 23.1 Å². The summed E-state index contributed by atoms with van der Waals surface area (Å²) in [6.07, 6.45) is 5.27. The summed E-state index contributed by atoms with van der Waals surface area (Å²) in [4.78, 5) is 22.5. The van der Waals surface area contributed by atoms with Crippen molar-refractivity contribution in [3.05, 3.63) is 35.7 Å². The Bertz CT molecular complexity index is 846. The van der Waals surface area contributed by atoms with Gasteiger partial charge in [0.05, 0.1) is 43.0 Å². The molecule has 3 rings (SSSR count). The van der Waals surface area contributed by atoms with Gasteiger partial charge in [0.2, 0.25) is 0 Å². The van der Waals surface area contributed by atoms with Crippen LogP contribution < -0.4 is 0 Å². The Morgan fingerprint density at radius 1 is 1.33 bits per heavy atom. The van der Waals surface area contributed by atoms with Gasteiger partial charge in [-0.15, -0.1) is 0 Å². The standard InChI is InChI=1S/C14H17N5O4S/c1-9-5-16-10(6-15-9)14(20)19-3-4-23-8-11(19)13-12(7-17-18-13)24(2,21)22/h5-7,11H,3-4,8H2,1-2H3,(H,17,18)/t11-/m1/s1. The number of H-pyrrole nitrogens is 1. The number of aryl methyl sites for hydroxylation is 1. The summed E-state index contributed by atoms with van der Waals surface area (Å²) in [6.45, 7) is 2.64. The quantitative estimate of drug-likeness (QED) is 0.834. The van der Waals surface area contributed by atoms with E-state index < -0.39 is 15.9 Å². The molecule has 0 saturated carbocycles. The summed E-state index contributed by atoms with van der Waals surface area (Å²) in [5, 5.41) is 6.50.